The van der Waals surface area contributed by atoms with E-state index in [1.54, 1.807) is 4.90 Å². The number of carboxylic acid groups (broad SMARTS) is 1. The summed E-state index contributed by atoms with van der Waals surface area (Å²) in [6.07, 6.45) is 1.04. The second-order valence-electron chi connectivity index (χ2n) is 5.85. The fourth-order valence-corrected chi connectivity index (χ4v) is 2.96. The third-order valence-corrected chi connectivity index (χ3v) is 4.40. The first-order valence-corrected chi connectivity index (χ1v) is 7.56. The molecule has 0 radical (unpaired) electrons. The number of rotatable bonds is 3. The molecule has 1 aliphatic rings. The van der Waals surface area contributed by atoms with Crippen molar-refractivity contribution >= 4 is 22.8 Å². The van der Waals surface area contributed by atoms with Crippen molar-refractivity contribution < 1.29 is 19.1 Å². The van der Waals surface area contributed by atoms with Crippen LogP contribution in [0.3, 0.4) is 0 Å². The van der Waals surface area contributed by atoms with E-state index < -0.39 is 5.97 Å². The number of likely N-dealkylation sites (tertiary alicyclic amines) is 1. The number of benzene rings is 1. The second-order valence-corrected chi connectivity index (χ2v) is 5.85. The highest BCUT2D eigenvalue weighted by atomic mass is 16.4. The van der Waals surface area contributed by atoms with Crippen LogP contribution >= 0.6 is 0 Å². The van der Waals surface area contributed by atoms with Gasteiger partial charge in [0.1, 0.15) is 11.3 Å². The number of aliphatic carboxylic acids is 1. The summed E-state index contributed by atoms with van der Waals surface area (Å²) in [5.41, 5.74) is 0.779. The zero-order valence-electron chi connectivity index (χ0n) is 12.5. The average molecular weight is 301 g/mol. The summed E-state index contributed by atoms with van der Waals surface area (Å²) in [4.78, 5) is 25.3. The van der Waals surface area contributed by atoms with Gasteiger partial charge in [-0.1, -0.05) is 18.2 Å². The van der Waals surface area contributed by atoms with Crippen LogP contribution in [-0.4, -0.2) is 35.0 Å². The van der Waals surface area contributed by atoms with Gasteiger partial charge in [-0.05, 0) is 31.9 Å². The summed E-state index contributed by atoms with van der Waals surface area (Å²) in [7, 11) is 0. The summed E-state index contributed by atoms with van der Waals surface area (Å²) >= 11 is 0. The van der Waals surface area contributed by atoms with Gasteiger partial charge in [-0.15, -0.1) is 0 Å². The van der Waals surface area contributed by atoms with E-state index in [0.717, 1.165) is 11.0 Å². The lowest BCUT2D eigenvalue weighted by molar-refractivity contribution is -0.146. The number of carbonyl (C=O) groups is 2. The minimum absolute atomic E-state index is 0.00268. The fraction of sp³-hybridized carbons (Fsp3) is 0.412. The molecule has 1 aromatic heterocycles. The van der Waals surface area contributed by atoms with E-state index >= 15 is 0 Å². The van der Waals surface area contributed by atoms with Gasteiger partial charge in [0.25, 0.3) is 0 Å². The highest BCUT2D eigenvalue weighted by Gasteiger charge is 2.30. The number of furan rings is 1. The lowest BCUT2D eigenvalue weighted by Crippen LogP contribution is -2.42. The van der Waals surface area contributed by atoms with Gasteiger partial charge >= 0.3 is 5.97 Å². The highest BCUT2D eigenvalue weighted by Crippen LogP contribution is 2.27. The Labute approximate surface area is 128 Å². The van der Waals surface area contributed by atoms with E-state index in [2.05, 4.69) is 0 Å². The molecule has 0 saturated carbocycles. The minimum atomic E-state index is -0.766. The van der Waals surface area contributed by atoms with Gasteiger partial charge in [-0.2, -0.15) is 0 Å². The van der Waals surface area contributed by atoms with Crippen molar-refractivity contribution in [3.8, 4) is 0 Å². The van der Waals surface area contributed by atoms with Crippen LogP contribution in [0.2, 0.25) is 0 Å². The number of hydrogen-bond donors (Lipinski definition) is 1. The number of nitrogens with zero attached hydrogens (tertiary/aromatic N) is 1. The first-order chi connectivity index (χ1) is 10.6. The lowest BCUT2D eigenvalue weighted by atomic mass is 9.95. The van der Waals surface area contributed by atoms with E-state index in [9.17, 15) is 9.59 Å². The Kier molecular flexibility index (Phi) is 3.88. The summed E-state index contributed by atoms with van der Waals surface area (Å²) in [6.45, 7) is 2.84. The van der Waals surface area contributed by atoms with Crippen molar-refractivity contribution in [1.82, 2.24) is 4.90 Å². The van der Waals surface area contributed by atoms with Gasteiger partial charge in [0.2, 0.25) is 5.91 Å². The Hall–Kier alpha value is -2.30. The number of para-hydroxylation sites is 1. The zero-order chi connectivity index (χ0) is 15.7. The number of amides is 1. The van der Waals surface area contributed by atoms with E-state index in [1.807, 2.05) is 37.3 Å². The molecule has 0 aliphatic carbocycles. The van der Waals surface area contributed by atoms with Crippen molar-refractivity contribution in [3.63, 3.8) is 0 Å². The molecule has 0 spiro atoms. The third-order valence-electron chi connectivity index (χ3n) is 4.40. The number of carboxylic acids is 1. The largest absolute Gasteiger partial charge is 0.481 e. The highest BCUT2D eigenvalue weighted by molar-refractivity contribution is 5.85. The molecule has 1 aliphatic heterocycles. The number of hydrogen-bond acceptors (Lipinski definition) is 3. The molecule has 2 aromatic rings. The smallest absolute Gasteiger partial charge is 0.306 e. The Bertz CT molecular complexity index is 665. The van der Waals surface area contributed by atoms with Crippen molar-refractivity contribution in [1.29, 1.82) is 0 Å². The molecule has 0 unspecified atom stereocenters. The van der Waals surface area contributed by atoms with Gasteiger partial charge in [0.05, 0.1) is 11.8 Å². The van der Waals surface area contributed by atoms with Crippen molar-refractivity contribution in [2.45, 2.75) is 25.7 Å². The Morgan fingerprint density at radius 2 is 1.95 bits per heavy atom. The maximum atomic E-state index is 12.6. The number of piperidine rings is 1. The Balaban J connectivity index is 1.70. The molecular weight excluding hydrogens is 282 g/mol. The van der Waals surface area contributed by atoms with Crippen molar-refractivity contribution in [2.24, 2.45) is 5.92 Å². The van der Waals surface area contributed by atoms with Crippen LogP contribution in [0, 0.1) is 5.92 Å². The molecule has 2 heterocycles. The molecule has 1 N–H and O–H groups in total. The molecule has 22 heavy (non-hydrogen) atoms. The SMILES string of the molecule is C[C@@H](C(=O)N1CCC(C(=O)O)CC1)c1cc2ccccc2o1. The van der Waals surface area contributed by atoms with Gasteiger partial charge in [-0.3, -0.25) is 9.59 Å². The van der Waals surface area contributed by atoms with Crippen LogP contribution in [0.4, 0.5) is 0 Å². The predicted octanol–water partition coefficient (Wildman–Crippen LogP) is 2.86. The van der Waals surface area contributed by atoms with E-state index in [0.29, 0.717) is 31.7 Å². The first-order valence-electron chi connectivity index (χ1n) is 7.56. The van der Waals surface area contributed by atoms with Gasteiger partial charge in [-0.25, -0.2) is 0 Å². The minimum Gasteiger partial charge on any atom is -0.481 e. The molecule has 0 bridgehead atoms. The van der Waals surface area contributed by atoms with Crippen LogP contribution in [0.1, 0.15) is 31.4 Å². The average Bonchev–Trinajstić information content (AvgIpc) is 2.97. The maximum absolute atomic E-state index is 12.6. The molecule has 5 heteroatoms. The quantitative estimate of drug-likeness (QED) is 0.946. The summed E-state index contributed by atoms with van der Waals surface area (Å²) in [6, 6.07) is 9.58. The summed E-state index contributed by atoms with van der Waals surface area (Å²) in [5.74, 6) is -0.786. The second kappa shape index (κ2) is 5.83. The summed E-state index contributed by atoms with van der Waals surface area (Å²) < 4.78 is 5.76. The van der Waals surface area contributed by atoms with E-state index in [-0.39, 0.29) is 17.7 Å². The molecular formula is C17H19NO4. The van der Waals surface area contributed by atoms with Crippen molar-refractivity contribution in [2.75, 3.05) is 13.1 Å². The first kappa shape index (κ1) is 14.6. The van der Waals surface area contributed by atoms with E-state index in [4.69, 9.17) is 9.52 Å². The third kappa shape index (κ3) is 2.71. The number of fused-ring (bicyclic) bond motifs is 1. The Morgan fingerprint density at radius 1 is 1.27 bits per heavy atom. The predicted molar refractivity (Wildman–Crippen MR) is 81.6 cm³/mol. The zero-order valence-corrected chi connectivity index (χ0v) is 12.5. The van der Waals surface area contributed by atoms with Gasteiger partial charge < -0.3 is 14.4 Å². The molecule has 3 rings (SSSR count). The van der Waals surface area contributed by atoms with Gasteiger partial charge in [0, 0.05) is 18.5 Å². The Morgan fingerprint density at radius 3 is 2.59 bits per heavy atom. The standard InChI is InChI=1S/C17H19NO4/c1-11(15-10-13-4-2-3-5-14(13)22-15)16(19)18-8-6-12(7-9-18)17(20)21/h2-5,10-12H,6-9H2,1H3,(H,20,21)/t11-/m1/s1. The topological polar surface area (TPSA) is 70.8 Å². The molecule has 5 nitrogen and oxygen atoms in total. The van der Waals surface area contributed by atoms with Crippen LogP contribution < -0.4 is 0 Å². The van der Waals surface area contributed by atoms with Crippen LogP contribution in [0.15, 0.2) is 34.7 Å². The van der Waals surface area contributed by atoms with E-state index in [1.165, 1.54) is 0 Å². The molecule has 1 fully saturated rings. The molecule has 1 saturated heterocycles. The van der Waals surface area contributed by atoms with Crippen LogP contribution in [-0.2, 0) is 9.59 Å². The molecule has 1 aromatic carbocycles. The van der Waals surface area contributed by atoms with Crippen molar-refractivity contribution in [3.05, 3.63) is 36.1 Å². The van der Waals surface area contributed by atoms with Crippen LogP contribution in [0.25, 0.3) is 11.0 Å². The molecule has 116 valence electrons. The normalized spacial score (nSPS) is 17.6. The van der Waals surface area contributed by atoms with Gasteiger partial charge in [0.15, 0.2) is 0 Å². The maximum Gasteiger partial charge on any atom is 0.306 e. The van der Waals surface area contributed by atoms with Crippen LogP contribution in [0.5, 0.6) is 0 Å². The number of carbonyl (C=O) groups excluding carboxylic acids is 1. The fourth-order valence-electron chi connectivity index (χ4n) is 2.96. The monoisotopic (exact) mass is 301 g/mol. The molecule has 1 amide bonds. The molecule has 1 atom stereocenters. The lowest BCUT2D eigenvalue weighted by Gasteiger charge is -2.31. The summed E-state index contributed by atoms with van der Waals surface area (Å²) in [5, 5.41) is 10.0.